The average Bonchev–Trinajstić information content (AvgIpc) is 2.58. The third-order valence-electron chi connectivity index (χ3n) is 1.83. The summed E-state index contributed by atoms with van der Waals surface area (Å²) < 4.78 is 0. The topological polar surface area (TPSA) is 48.9 Å². The van der Waals surface area contributed by atoms with Gasteiger partial charge >= 0.3 is 0 Å². The molecule has 2 rings (SSSR count). The van der Waals surface area contributed by atoms with Crippen molar-refractivity contribution in [3.05, 3.63) is 22.2 Å². The predicted molar refractivity (Wildman–Crippen MR) is 63.9 cm³/mol. The zero-order valence-corrected chi connectivity index (χ0v) is 9.96. The molecule has 0 aliphatic heterocycles. The van der Waals surface area contributed by atoms with E-state index >= 15 is 0 Å². The van der Waals surface area contributed by atoms with E-state index in [1.54, 1.807) is 12.1 Å². The highest BCUT2D eigenvalue weighted by Gasteiger charge is 2.06. The quantitative estimate of drug-likeness (QED) is 0.837. The number of fused-ring (bicyclic) bond motifs is 1. The number of aliphatic hydroxyl groups excluding tert-OH is 1. The van der Waals surface area contributed by atoms with Crippen LogP contribution >= 0.6 is 35.0 Å². The number of aliphatic hydroxyl groups is 1. The summed E-state index contributed by atoms with van der Waals surface area (Å²) in [6.07, 6.45) is 0. The minimum absolute atomic E-state index is 0.128. The van der Waals surface area contributed by atoms with Crippen LogP contribution in [-0.4, -0.2) is 27.4 Å². The maximum absolute atomic E-state index is 8.69. The number of hydrogen-bond acceptors (Lipinski definition) is 3. The van der Waals surface area contributed by atoms with E-state index in [9.17, 15) is 0 Å². The van der Waals surface area contributed by atoms with E-state index in [-0.39, 0.29) is 6.61 Å². The molecule has 1 aromatic carbocycles. The van der Waals surface area contributed by atoms with Crippen LogP contribution in [-0.2, 0) is 0 Å². The molecule has 0 amide bonds. The van der Waals surface area contributed by atoms with Crippen LogP contribution in [0.25, 0.3) is 11.0 Å². The van der Waals surface area contributed by atoms with Crippen LogP contribution in [0.1, 0.15) is 0 Å². The van der Waals surface area contributed by atoms with Gasteiger partial charge in [-0.1, -0.05) is 35.0 Å². The highest BCUT2D eigenvalue weighted by molar-refractivity contribution is 7.99. The van der Waals surface area contributed by atoms with Crippen molar-refractivity contribution in [1.29, 1.82) is 0 Å². The molecule has 1 heterocycles. The van der Waals surface area contributed by atoms with Crippen molar-refractivity contribution in [2.75, 3.05) is 12.4 Å². The second-order valence-electron chi connectivity index (χ2n) is 2.90. The first-order valence-corrected chi connectivity index (χ1v) is 6.03. The van der Waals surface area contributed by atoms with Crippen molar-refractivity contribution in [1.82, 2.24) is 9.97 Å². The van der Waals surface area contributed by atoms with Crippen LogP contribution < -0.4 is 0 Å². The lowest BCUT2D eigenvalue weighted by atomic mass is 10.3. The van der Waals surface area contributed by atoms with Crippen molar-refractivity contribution in [3.63, 3.8) is 0 Å². The maximum Gasteiger partial charge on any atom is 0.166 e. The molecule has 0 aliphatic rings. The molecule has 0 radical (unpaired) electrons. The lowest BCUT2D eigenvalue weighted by Crippen LogP contribution is -1.85. The molecule has 0 atom stereocenters. The fourth-order valence-electron chi connectivity index (χ4n) is 1.19. The summed E-state index contributed by atoms with van der Waals surface area (Å²) in [6.45, 7) is 0.128. The third kappa shape index (κ3) is 2.39. The van der Waals surface area contributed by atoms with Crippen LogP contribution in [0.2, 0.25) is 10.0 Å². The summed E-state index contributed by atoms with van der Waals surface area (Å²) in [5, 5.41) is 10.4. The SMILES string of the molecule is OCCSc1nc2cc(Cl)c(Cl)cc2[nH]1. The van der Waals surface area contributed by atoms with Gasteiger partial charge in [-0.05, 0) is 12.1 Å². The highest BCUT2D eigenvalue weighted by Crippen LogP contribution is 2.28. The fraction of sp³-hybridized carbons (Fsp3) is 0.222. The van der Waals surface area contributed by atoms with Crippen molar-refractivity contribution < 1.29 is 5.11 Å². The number of thioether (sulfide) groups is 1. The Morgan fingerprint density at radius 2 is 2.07 bits per heavy atom. The summed E-state index contributed by atoms with van der Waals surface area (Å²) >= 11 is 13.2. The molecular weight excluding hydrogens is 255 g/mol. The minimum atomic E-state index is 0.128. The van der Waals surface area contributed by atoms with Gasteiger partial charge < -0.3 is 10.1 Å². The van der Waals surface area contributed by atoms with E-state index in [4.69, 9.17) is 28.3 Å². The van der Waals surface area contributed by atoms with Gasteiger partial charge in [0.2, 0.25) is 0 Å². The van der Waals surface area contributed by atoms with Gasteiger partial charge in [0.15, 0.2) is 5.16 Å². The molecule has 0 bridgehead atoms. The fourth-order valence-corrected chi connectivity index (χ4v) is 2.14. The number of nitrogens with one attached hydrogen (secondary N) is 1. The largest absolute Gasteiger partial charge is 0.396 e. The molecule has 3 nitrogen and oxygen atoms in total. The molecular formula is C9H8Cl2N2OS. The number of aromatic amines is 1. The molecule has 0 aliphatic carbocycles. The van der Waals surface area contributed by atoms with E-state index in [0.717, 1.165) is 16.2 Å². The monoisotopic (exact) mass is 262 g/mol. The Labute approximate surface area is 101 Å². The zero-order chi connectivity index (χ0) is 10.8. The molecule has 15 heavy (non-hydrogen) atoms. The van der Waals surface area contributed by atoms with E-state index < -0.39 is 0 Å². The second-order valence-corrected chi connectivity index (χ2v) is 4.80. The van der Waals surface area contributed by atoms with Gasteiger partial charge in [-0.2, -0.15) is 0 Å². The Kier molecular flexibility index (Phi) is 3.41. The van der Waals surface area contributed by atoms with Crippen LogP contribution in [0.3, 0.4) is 0 Å². The summed E-state index contributed by atoms with van der Waals surface area (Å²) in [6, 6.07) is 3.47. The van der Waals surface area contributed by atoms with Gasteiger partial charge in [0.1, 0.15) is 0 Å². The number of imidazole rings is 1. The van der Waals surface area contributed by atoms with Crippen LogP contribution in [0.5, 0.6) is 0 Å². The minimum Gasteiger partial charge on any atom is -0.396 e. The van der Waals surface area contributed by atoms with E-state index in [1.807, 2.05) is 0 Å². The second kappa shape index (κ2) is 4.61. The number of nitrogens with zero attached hydrogens (tertiary/aromatic N) is 1. The van der Waals surface area contributed by atoms with E-state index in [0.29, 0.717) is 15.8 Å². The van der Waals surface area contributed by atoms with Crippen molar-refractivity contribution >= 4 is 46.0 Å². The van der Waals surface area contributed by atoms with Crippen molar-refractivity contribution in [2.45, 2.75) is 5.16 Å². The molecule has 0 saturated carbocycles. The number of hydrogen-bond donors (Lipinski definition) is 2. The zero-order valence-electron chi connectivity index (χ0n) is 7.63. The number of benzene rings is 1. The van der Waals surface area contributed by atoms with Gasteiger partial charge in [-0.25, -0.2) is 4.98 Å². The first-order valence-electron chi connectivity index (χ1n) is 4.29. The molecule has 80 valence electrons. The lowest BCUT2D eigenvalue weighted by molar-refractivity contribution is 0.322. The van der Waals surface area contributed by atoms with Crippen LogP contribution in [0.4, 0.5) is 0 Å². The maximum atomic E-state index is 8.69. The lowest BCUT2D eigenvalue weighted by Gasteiger charge is -1.93. The predicted octanol–water partition coefficient (Wildman–Crippen LogP) is 2.95. The summed E-state index contributed by atoms with van der Waals surface area (Å²) in [7, 11) is 0. The summed E-state index contributed by atoms with van der Waals surface area (Å²) in [4.78, 5) is 7.40. The number of rotatable bonds is 3. The first-order chi connectivity index (χ1) is 7.20. The number of halogens is 2. The van der Waals surface area contributed by atoms with Gasteiger partial charge in [0.05, 0.1) is 27.7 Å². The molecule has 6 heteroatoms. The highest BCUT2D eigenvalue weighted by atomic mass is 35.5. The molecule has 2 N–H and O–H groups in total. The standard InChI is InChI=1S/C9H8Cl2N2OS/c10-5-3-7-8(4-6(5)11)13-9(12-7)15-2-1-14/h3-4,14H,1-2H2,(H,12,13). The van der Waals surface area contributed by atoms with E-state index in [1.165, 1.54) is 11.8 Å². The summed E-state index contributed by atoms with van der Waals surface area (Å²) in [5.41, 5.74) is 1.63. The van der Waals surface area contributed by atoms with Crippen molar-refractivity contribution in [3.8, 4) is 0 Å². The Morgan fingerprint density at radius 3 is 2.80 bits per heavy atom. The van der Waals surface area contributed by atoms with Crippen molar-refractivity contribution in [2.24, 2.45) is 0 Å². The molecule has 1 aromatic heterocycles. The molecule has 0 spiro atoms. The van der Waals surface area contributed by atoms with Gasteiger partial charge in [-0.15, -0.1) is 0 Å². The Bertz CT molecular complexity index is 447. The number of aromatic nitrogens is 2. The van der Waals surface area contributed by atoms with Crippen LogP contribution in [0.15, 0.2) is 17.3 Å². The first kappa shape index (κ1) is 11.1. The summed E-state index contributed by atoms with van der Waals surface area (Å²) in [5.74, 6) is 0.612. The molecule has 0 fully saturated rings. The van der Waals surface area contributed by atoms with Crippen LogP contribution in [0, 0.1) is 0 Å². The average molecular weight is 263 g/mol. The molecule has 0 unspecified atom stereocenters. The van der Waals surface area contributed by atoms with Gasteiger partial charge in [-0.3, -0.25) is 0 Å². The third-order valence-corrected chi connectivity index (χ3v) is 3.41. The molecule has 2 aromatic rings. The Hall–Kier alpha value is -0.420. The van der Waals surface area contributed by atoms with Gasteiger partial charge in [0.25, 0.3) is 0 Å². The molecule has 0 saturated heterocycles. The normalized spacial score (nSPS) is 11.1. The number of H-pyrrole nitrogens is 1. The van der Waals surface area contributed by atoms with E-state index in [2.05, 4.69) is 9.97 Å². The van der Waals surface area contributed by atoms with Gasteiger partial charge in [0, 0.05) is 5.75 Å². The smallest absolute Gasteiger partial charge is 0.166 e. The Balaban J connectivity index is 2.38. The Morgan fingerprint density at radius 1 is 1.33 bits per heavy atom.